The summed E-state index contributed by atoms with van der Waals surface area (Å²) in [7, 11) is 0. The summed E-state index contributed by atoms with van der Waals surface area (Å²) in [6.07, 6.45) is 0.737. The van der Waals surface area contributed by atoms with Crippen molar-refractivity contribution in [1.29, 1.82) is 0 Å². The number of benzene rings is 2. The Hall–Kier alpha value is -2.84. The number of likely N-dealkylation sites (tertiary alicyclic amines) is 1. The molecule has 1 aliphatic heterocycles. The van der Waals surface area contributed by atoms with E-state index in [9.17, 15) is 24.3 Å². The van der Waals surface area contributed by atoms with E-state index >= 15 is 0 Å². The van der Waals surface area contributed by atoms with Crippen molar-refractivity contribution >= 4 is 46.1 Å². The number of carbonyl (C=O) groups is 4. The van der Waals surface area contributed by atoms with Crippen LogP contribution in [0.25, 0.3) is 0 Å². The second kappa shape index (κ2) is 10.7. The molecule has 1 unspecified atom stereocenters. The molecule has 0 aliphatic carbocycles. The van der Waals surface area contributed by atoms with Crippen LogP contribution in [0.1, 0.15) is 36.5 Å². The number of carboxylic acids is 1. The maximum absolute atomic E-state index is 13.0. The second-order valence-corrected chi connectivity index (χ2v) is 9.15. The highest BCUT2D eigenvalue weighted by molar-refractivity contribution is 8.14. The molecule has 0 bridgehead atoms. The summed E-state index contributed by atoms with van der Waals surface area (Å²) in [5.41, 5.74) is 0.330. The molecule has 168 valence electrons. The number of aliphatic carboxylic acids is 1. The number of carboxylic acid groups (broad SMARTS) is 1. The average molecular weight is 476 g/mol. The maximum atomic E-state index is 13.0. The first-order chi connectivity index (χ1) is 15.2. The van der Waals surface area contributed by atoms with Gasteiger partial charge in [0.1, 0.15) is 17.5 Å². The highest BCUT2D eigenvalue weighted by Crippen LogP contribution is 2.27. The molecule has 2 atom stereocenters. The van der Waals surface area contributed by atoms with Crippen LogP contribution in [0.15, 0.2) is 48.5 Å². The zero-order valence-electron chi connectivity index (χ0n) is 17.3. The quantitative estimate of drug-likeness (QED) is 0.563. The zero-order chi connectivity index (χ0) is 23.3. The predicted octanol–water partition coefficient (Wildman–Crippen LogP) is 4.43. The lowest BCUT2D eigenvalue weighted by atomic mass is 10.1. The van der Waals surface area contributed by atoms with Gasteiger partial charge in [0.05, 0.1) is 5.25 Å². The minimum absolute atomic E-state index is 0.240. The van der Waals surface area contributed by atoms with Gasteiger partial charge in [-0.05, 0) is 61.4 Å². The predicted molar refractivity (Wildman–Crippen MR) is 121 cm³/mol. The van der Waals surface area contributed by atoms with Crippen LogP contribution in [-0.4, -0.2) is 50.6 Å². The van der Waals surface area contributed by atoms with Gasteiger partial charge in [0, 0.05) is 30.5 Å². The van der Waals surface area contributed by atoms with Crippen LogP contribution in [0.3, 0.4) is 0 Å². The van der Waals surface area contributed by atoms with Gasteiger partial charge < -0.3 is 14.7 Å². The van der Waals surface area contributed by atoms with Crippen LogP contribution < -0.4 is 4.74 Å². The Morgan fingerprint density at radius 3 is 2.25 bits per heavy atom. The van der Waals surface area contributed by atoms with Crippen LogP contribution in [0.2, 0.25) is 5.02 Å². The summed E-state index contributed by atoms with van der Waals surface area (Å²) in [5, 5.41) is 8.67. The van der Waals surface area contributed by atoms with Crippen molar-refractivity contribution in [1.82, 2.24) is 4.90 Å². The molecule has 0 saturated carbocycles. The zero-order valence-corrected chi connectivity index (χ0v) is 18.9. The fourth-order valence-corrected chi connectivity index (χ4v) is 4.49. The van der Waals surface area contributed by atoms with Crippen molar-refractivity contribution in [2.75, 3.05) is 6.54 Å². The Kier molecular flexibility index (Phi) is 7.93. The number of ketones is 1. The summed E-state index contributed by atoms with van der Waals surface area (Å²) in [6, 6.07) is 12.3. The lowest BCUT2D eigenvalue weighted by Crippen LogP contribution is -2.42. The topological polar surface area (TPSA) is 101 Å². The summed E-state index contributed by atoms with van der Waals surface area (Å²) in [5.74, 6) is -0.777. The normalized spacial score (nSPS) is 16.4. The summed E-state index contributed by atoms with van der Waals surface area (Å²) < 4.78 is 5.71. The molecule has 1 fully saturated rings. The molecule has 1 saturated heterocycles. The van der Waals surface area contributed by atoms with Gasteiger partial charge in [0.2, 0.25) is 5.91 Å². The molecule has 7 nitrogen and oxygen atoms in total. The van der Waals surface area contributed by atoms with E-state index in [1.165, 1.54) is 11.8 Å². The monoisotopic (exact) mass is 475 g/mol. The summed E-state index contributed by atoms with van der Waals surface area (Å²) in [6.45, 7) is 1.66. The number of thioether (sulfide) groups is 1. The number of ether oxygens (including phenoxy) is 1. The highest BCUT2D eigenvalue weighted by Gasteiger charge is 2.36. The van der Waals surface area contributed by atoms with E-state index in [2.05, 4.69) is 0 Å². The maximum Gasteiger partial charge on any atom is 0.326 e. The Balaban J connectivity index is 1.71. The number of hydrogen-bond acceptors (Lipinski definition) is 6. The third-order valence-corrected chi connectivity index (χ3v) is 6.26. The van der Waals surface area contributed by atoms with E-state index < -0.39 is 23.2 Å². The largest absolute Gasteiger partial charge is 0.480 e. The van der Waals surface area contributed by atoms with E-state index in [0.29, 0.717) is 41.5 Å². The van der Waals surface area contributed by atoms with E-state index in [0.717, 1.165) is 11.8 Å². The van der Waals surface area contributed by atoms with Crippen molar-refractivity contribution in [3.63, 3.8) is 0 Å². The molecule has 0 aromatic heterocycles. The van der Waals surface area contributed by atoms with Gasteiger partial charge in [-0.15, -0.1) is 0 Å². The summed E-state index contributed by atoms with van der Waals surface area (Å²) in [4.78, 5) is 50.1. The fraction of sp³-hybridized carbons (Fsp3) is 0.304. The number of rotatable bonds is 8. The van der Waals surface area contributed by atoms with E-state index in [4.69, 9.17) is 16.3 Å². The molecule has 0 radical (unpaired) electrons. The molecule has 3 rings (SSSR count). The minimum Gasteiger partial charge on any atom is -0.480 e. The van der Waals surface area contributed by atoms with Crippen molar-refractivity contribution < 1.29 is 29.0 Å². The van der Waals surface area contributed by atoms with Gasteiger partial charge in [-0.2, -0.15) is 0 Å². The molecular formula is C23H22ClNO6S. The Morgan fingerprint density at radius 2 is 1.69 bits per heavy atom. The lowest BCUT2D eigenvalue weighted by molar-refractivity contribution is -0.148. The molecule has 2 aromatic rings. The number of Topliss-reactive ketones (excluding diaryl/α,β-unsaturated/α-hetero) is 1. The number of halogens is 1. The van der Waals surface area contributed by atoms with E-state index in [-0.39, 0.29) is 17.3 Å². The minimum atomic E-state index is -1.06. The fourth-order valence-electron chi connectivity index (χ4n) is 3.50. The van der Waals surface area contributed by atoms with Crippen molar-refractivity contribution in [3.8, 4) is 11.5 Å². The number of hydrogen-bond donors (Lipinski definition) is 1. The van der Waals surface area contributed by atoms with Gasteiger partial charge in [0.15, 0.2) is 10.9 Å². The van der Waals surface area contributed by atoms with Crippen molar-refractivity contribution in [3.05, 3.63) is 59.1 Å². The van der Waals surface area contributed by atoms with E-state index in [1.54, 1.807) is 48.5 Å². The smallest absolute Gasteiger partial charge is 0.326 e. The van der Waals surface area contributed by atoms with Crippen LogP contribution in [0.5, 0.6) is 11.5 Å². The highest BCUT2D eigenvalue weighted by atomic mass is 35.5. The SMILES string of the molecule is CC(=O)SC(CC(=O)N1CCC[C@H]1C(=O)O)C(=O)c1ccc(Oc2ccc(Cl)cc2)cc1. The third-order valence-electron chi connectivity index (χ3n) is 5.01. The van der Waals surface area contributed by atoms with Gasteiger partial charge in [-0.25, -0.2) is 4.79 Å². The molecule has 9 heteroatoms. The number of carbonyl (C=O) groups excluding carboxylic acids is 3. The van der Waals surface area contributed by atoms with Crippen LogP contribution >= 0.6 is 23.4 Å². The standard InChI is InChI=1S/C23H22ClNO6S/c1-14(26)32-20(13-21(27)25-12-2-3-19(25)23(29)30)22(28)15-4-8-17(9-5-15)31-18-10-6-16(24)7-11-18/h4-11,19-20H,2-3,12-13H2,1H3,(H,29,30)/t19-,20?/m0/s1. The molecule has 1 N–H and O–H groups in total. The average Bonchev–Trinajstić information content (AvgIpc) is 3.25. The molecule has 1 amide bonds. The van der Waals surface area contributed by atoms with Crippen LogP contribution in [0.4, 0.5) is 0 Å². The molecule has 0 spiro atoms. The third kappa shape index (κ3) is 6.11. The first kappa shape index (κ1) is 23.8. The van der Waals surface area contributed by atoms with Crippen molar-refractivity contribution in [2.45, 2.75) is 37.5 Å². The number of nitrogens with zero attached hydrogens (tertiary/aromatic N) is 1. The molecule has 1 aliphatic rings. The molecule has 1 heterocycles. The lowest BCUT2D eigenvalue weighted by Gasteiger charge is -2.23. The molecule has 2 aromatic carbocycles. The summed E-state index contributed by atoms with van der Waals surface area (Å²) >= 11 is 6.64. The second-order valence-electron chi connectivity index (χ2n) is 7.33. The van der Waals surface area contributed by atoms with Gasteiger partial charge >= 0.3 is 5.97 Å². The van der Waals surface area contributed by atoms with Gasteiger partial charge in [0.25, 0.3) is 0 Å². The first-order valence-electron chi connectivity index (χ1n) is 10.0. The Morgan fingerprint density at radius 1 is 1.09 bits per heavy atom. The first-order valence-corrected chi connectivity index (χ1v) is 11.3. The Bertz CT molecular complexity index is 1010. The number of amides is 1. The van der Waals surface area contributed by atoms with Crippen molar-refractivity contribution in [2.24, 2.45) is 0 Å². The van der Waals surface area contributed by atoms with Crippen LogP contribution in [0, 0.1) is 0 Å². The van der Waals surface area contributed by atoms with Gasteiger partial charge in [-0.3, -0.25) is 14.4 Å². The molecule has 32 heavy (non-hydrogen) atoms. The van der Waals surface area contributed by atoms with Gasteiger partial charge in [-0.1, -0.05) is 23.4 Å². The van der Waals surface area contributed by atoms with Crippen LogP contribution in [-0.2, 0) is 14.4 Å². The molecular weight excluding hydrogens is 454 g/mol. The Labute approximate surface area is 194 Å². The van der Waals surface area contributed by atoms with E-state index in [1.807, 2.05) is 0 Å².